The van der Waals surface area contributed by atoms with E-state index in [1.54, 1.807) is 66.2 Å². The van der Waals surface area contributed by atoms with Gasteiger partial charge in [-0.15, -0.1) is 0 Å². The number of aromatic nitrogens is 6. The molecular weight excluding hydrogens is 1840 g/mol. The first-order valence-electron chi connectivity index (χ1n) is 47.0. The van der Waals surface area contributed by atoms with Gasteiger partial charge in [-0.25, -0.2) is 48.8 Å². The largest absolute Gasteiger partial charge is 0.540 e. The molecule has 0 N–H and O–H groups in total. The molecule has 6 aromatic rings. The number of hydrogen-bond donors (Lipinski definition) is 0. The molecule has 9 heterocycles. The van der Waals surface area contributed by atoms with Crippen molar-refractivity contribution in [1.82, 2.24) is 44.6 Å². The number of halogens is 3. The minimum absolute atomic E-state index is 0. The molecule has 3 aromatic carbocycles. The smallest absolute Gasteiger partial charge is 0.392 e. The summed E-state index contributed by atoms with van der Waals surface area (Å²) < 4.78 is 100.0. The van der Waals surface area contributed by atoms with Crippen molar-refractivity contribution in [2.45, 2.75) is 304 Å². The molecule has 0 unspecified atom stereocenters. The monoisotopic (exact) mass is 1970 g/mol. The van der Waals surface area contributed by atoms with Crippen molar-refractivity contribution in [3.63, 3.8) is 0 Å². The van der Waals surface area contributed by atoms with Crippen LogP contribution in [0.3, 0.4) is 0 Å². The van der Waals surface area contributed by atoms with Gasteiger partial charge in [0.2, 0.25) is 35.4 Å². The molecule has 6 bridgehead atoms. The Bertz CT molecular complexity index is 5170. The SMILES string of the molecule is CC[C@@H]1[C@@H]2CN(C(=O)[C@H](C(C)(C)C)CC(=O)O[C@]3(CC(F)(F)F)C[C@H]3CCCCCc3nc4ccc(OC)cc4nc3O2)[C@@H]1[C-]=O.CC[C@@]12C[C@H]1CCCCCc1nc3ccc(OC)cc3nc1O[C@H]1CN(C(=O)[C@H](C(C)(C)C)CC(=O)O2)[C@H]([C-]=O)[C@@H]1C.COC[C@@]12C[C@H]1CCCCCc1nc3ccc(OC)cc3nc1O[C@H]1CN(C(=O)[C@H](C(C)(C)C)CC(=O)O2)[C@H]([C-]=O)[C@@H]1C.[V].[V].[V]. The summed E-state index contributed by atoms with van der Waals surface area (Å²) in [4.78, 5) is 153. The maximum atomic E-state index is 14.2. The number of ether oxygens (including phenoxy) is 10. The van der Waals surface area contributed by atoms with Crippen molar-refractivity contribution < 1.29 is 159 Å². The number of nitrogens with zero attached hydrogens (tertiary/aromatic N) is 9. The van der Waals surface area contributed by atoms with Crippen molar-refractivity contribution in [3.05, 3.63) is 71.7 Å². The van der Waals surface area contributed by atoms with Gasteiger partial charge >= 0.3 is 24.1 Å². The first-order valence-corrected chi connectivity index (χ1v) is 47.0. The van der Waals surface area contributed by atoms with E-state index in [-0.39, 0.29) is 130 Å². The maximum Gasteiger partial charge on any atom is 0.392 e. The van der Waals surface area contributed by atoms with Crippen LogP contribution in [0.15, 0.2) is 54.6 Å². The second-order valence-corrected chi connectivity index (χ2v) is 41.0. The van der Waals surface area contributed by atoms with Gasteiger partial charge in [-0.2, -0.15) is 13.2 Å². The van der Waals surface area contributed by atoms with Gasteiger partial charge in [0.05, 0.1) is 124 Å². The topological polar surface area (TPSA) is 333 Å². The van der Waals surface area contributed by atoms with E-state index >= 15 is 0 Å². The number of esters is 3. The van der Waals surface area contributed by atoms with Crippen LogP contribution in [-0.2, 0) is 137 Å². The molecule has 3 aromatic heterocycles. The first-order chi connectivity index (χ1) is 62.2. The van der Waals surface area contributed by atoms with Crippen molar-refractivity contribution in [3.8, 4) is 34.9 Å². The van der Waals surface area contributed by atoms with Gasteiger partial charge in [-0.1, -0.05) is 153 Å². The van der Waals surface area contributed by atoms with Crippen LogP contribution < -0.4 is 28.4 Å². The van der Waals surface area contributed by atoms with E-state index in [4.69, 9.17) is 77.3 Å². The fourth-order valence-corrected chi connectivity index (χ4v) is 20.5. The zero-order chi connectivity index (χ0) is 94.6. The summed E-state index contributed by atoms with van der Waals surface area (Å²) in [5, 5.41) is 0. The molecule has 28 nitrogen and oxygen atoms in total. The van der Waals surface area contributed by atoms with E-state index in [1.807, 2.05) is 111 Å². The molecule has 0 spiro atoms. The molecule has 18 atom stereocenters. The number of hydrogen-bond acceptors (Lipinski definition) is 25. The van der Waals surface area contributed by atoms with Crippen LogP contribution in [0.4, 0.5) is 13.2 Å². The number of rotatable bonds is 11. The van der Waals surface area contributed by atoms with E-state index in [0.29, 0.717) is 120 Å². The molecular formula is C100H131F3N9O19V3-3. The van der Waals surface area contributed by atoms with E-state index in [0.717, 1.165) is 99.5 Å². The number of alkyl halides is 3. The second-order valence-electron chi connectivity index (χ2n) is 41.0. The predicted octanol–water partition coefficient (Wildman–Crippen LogP) is 15.8. The maximum absolute atomic E-state index is 14.2. The zero-order valence-electron chi connectivity index (χ0n) is 80.4. The van der Waals surface area contributed by atoms with E-state index in [9.17, 15) is 56.3 Å². The number of aryl methyl sites for hydroxylation is 3. The Kier molecular flexibility index (Phi) is 36.0. The molecule has 3 aliphatic carbocycles. The molecule has 729 valence electrons. The Morgan fingerprint density at radius 3 is 1.08 bits per heavy atom. The first kappa shape index (κ1) is 108. The molecule has 3 radical (unpaired) electrons. The van der Waals surface area contributed by atoms with Crippen molar-refractivity contribution in [2.75, 3.05) is 54.7 Å². The fraction of sp³-hybridized carbons (Fsp3) is 0.670. The average molecular weight is 1970 g/mol. The molecule has 15 rings (SSSR count). The quantitative estimate of drug-likeness (QED) is 0.0660. The van der Waals surface area contributed by atoms with Gasteiger partial charge in [0.25, 0.3) is 0 Å². The van der Waals surface area contributed by atoms with Gasteiger partial charge in [0.15, 0.2) is 0 Å². The summed E-state index contributed by atoms with van der Waals surface area (Å²) >= 11 is 0. The summed E-state index contributed by atoms with van der Waals surface area (Å²) in [6.07, 6.45) is 13.6. The molecule has 6 aliphatic heterocycles. The number of carbonyl (C=O) groups excluding carboxylic acids is 9. The van der Waals surface area contributed by atoms with E-state index in [2.05, 4.69) is 19.5 Å². The molecule has 34 heteroatoms. The Balaban J connectivity index is 0.000000206. The third-order valence-corrected chi connectivity index (χ3v) is 28.9. The fourth-order valence-electron chi connectivity index (χ4n) is 20.5. The Hall–Kier alpha value is -8.19. The summed E-state index contributed by atoms with van der Waals surface area (Å²) in [5.41, 5.74) is 1.68. The van der Waals surface area contributed by atoms with Crippen LogP contribution >= 0.6 is 0 Å². The van der Waals surface area contributed by atoms with Crippen LogP contribution in [0.1, 0.15) is 242 Å². The summed E-state index contributed by atoms with van der Waals surface area (Å²) in [6, 6.07) is 14.0. The molecule has 9 aliphatic rings. The predicted molar refractivity (Wildman–Crippen MR) is 480 cm³/mol. The molecule has 3 amide bonds. The summed E-state index contributed by atoms with van der Waals surface area (Å²) in [5.74, 6) is -2.69. The standard InChI is InChI=1S/C34H43F3N3O6.C33H44N3O7.C33H44N3O6.3V/c1-6-22-27(18-41)40-17-28(22)45-30-25(38-24-13-12-21(44-5)14-26(24)39-30)11-9-7-8-10-20-16-33(20,19-34(35,36)37)46-29(42)15-23(31(40)43)32(2,3)4;1-20-27(18-37)36-17-28(20)42-30-25(34-24-13-12-22(41-6)14-26(24)35-30)11-9-7-8-10-21-16-33(21,19-40-5)43-29(38)15-23(31(36)39)32(2,3)4;1-7-33-17-21(33)11-9-8-10-12-25-30(35-26-15-22(40-6)13-14-24(26)34-25)41-28-18-36(27(19-37)20(28)2)31(39)23(32(3,4)5)16-29(38)42-33;;;/h12-14,20,22-23,27-28H,6-11,15-17,19H2,1-5H3;12-14,20-21,23,27-28H,7-11,15-17,19H2,1-6H3;13-15,20-21,23,27-28H,7-12,16-18H2,1-6H3;;;/q3*-1;;;/t20-,22+,23-,27-,28+,33+;20-,21+,23+,27+,28-,33-;20-,21+,23+,27+,28-,33+;;;/m100.../s1. The van der Waals surface area contributed by atoms with Crippen LogP contribution in [0.25, 0.3) is 33.1 Å². The van der Waals surface area contributed by atoms with Gasteiger partial charge in [0.1, 0.15) is 69.4 Å². The Labute approximate surface area is 820 Å². The third kappa shape index (κ3) is 24.9. The molecule has 3 saturated carbocycles. The molecule has 6 fully saturated rings. The van der Waals surface area contributed by atoms with E-state index < -0.39 is 136 Å². The number of amides is 3. The summed E-state index contributed by atoms with van der Waals surface area (Å²) in [6.45, 7) is 25.5. The molecule has 3 saturated heterocycles. The van der Waals surface area contributed by atoms with Crippen LogP contribution in [0, 0.1) is 69.5 Å². The molecule has 134 heavy (non-hydrogen) atoms. The number of methoxy groups -OCH3 is 4. The van der Waals surface area contributed by atoms with Crippen molar-refractivity contribution in [2.24, 2.45) is 69.5 Å². The number of carbonyl (C=O) groups is 6. The van der Waals surface area contributed by atoms with Gasteiger partial charge in [-0.05, 0) is 154 Å². The minimum Gasteiger partial charge on any atom is -0.540 e. The normalized spacial score (nSPS) is 29.6. The third-order valence-electron chi connectivity index (χ3n) is 28.9. The zero-order valence-corrected chi connectivity index (χ0v) is 84.6. The Morgan fingerprint density at radius 2 is 0.746 bits per heavy atom. The van der Waals surface area contributed by atoms with Crippen molar-refractivity contribution >= 4 is 87.6 Å². The summed E-state index contributed by atoms with van der Waals surface area (Å²) in [7, 11) is 6.39. The van der Waals surface area contributed by atoms with Crippen LogP contribution in [0.2, 0.25) is 0 Å². The number of benzene rings is 3. The minimum atomic E-state index is -4.51. The van der Waals surface area contributed by atoms with Crippen LogP contribution in [-0.4, -0.2) is 213 Å². The Morgan fingerprint density at radius 1 is 0.425 bits per heavy atom. The van der Waals surface area contributed by atoms with E-state index in [1.165, 1.54) is 9.80 Å². The van der Waals surface area contributed by atoms with Gasteiger partial charge < -0.3 is 76.5 Å². The average Bonchev–Trinajstić information content (AvgIpc) is 1.47. The van der Waals surface area contributed by atoms with Crippen molar-refractivity contribution in [1.29, 1.82) is 0 Å². The second kappa shape index (κ2) is 44.7. The van der Waals surface area contributed by atoms with Crippen LogP contribution in [0.5, 0.6) is 34.9 Å². The van der Waals surface area contributed by atoms with Gasteiger partial charge in [0, 0.05) is 98.7 Å². The van der Waals surface area contributed by atoms with Gasteiger partial charge in [-0.3, -0.25) is 28.8 Å². The number of fused-ring (bicyclic) bond motifs is 15.